The fourth-order valence-electron chi connectivity index (χ4n) is 2.49. The number of amides is 1. The van der Waals surface area contributed by atoms with Gasteiger partial charge in [0, 0.05) is 23.7 Å². The molecular weight excluding hydrogens is 362 g/mol. The van der Waals surface area contributed by atoms with Crippen molar-refractivity contribution in [1.82, 2.24) is 0 Å². The quantitative estimate of drug-likeness (QED) is 0.527. The number of Topliss-reactive ketones (excluding diaryl/α,β-unsaturated/α-hetero) is 1. The number of carbonyl (C=O) groups excluding carboxylic acids is 3. The first kappa shape index (κ1) is 21.0. The van der Waals surface area contributed by atoms with Crippen molar-refractivity contribution in [3.05, 3.63) is 53.6 Å². The number of anilines is 1. The molecule has 0 aliphatic heterocycles. The number of carbonyl (C=O) groups is 3. The number of ether oxygens (including phenoxy) is 3. The molecule has 1 N–H and O–H groups in total. The Hall–Kier alpha value is -3.35. The van der Waals surface area contributed by atoms with Gasteiger partial charge in [0.15, 0.2) is 12.4 Å². The second-order valence-corrected chi connectivity index (χ2v) is 6.07. The highest BCUT2D eigenvalue weighted by Gasteiger charge is 2.10. The van der Waals surface area contributed by atoms with E-state index >= 15 is 0 Å². The fourth-order valence-corrected chi connectivity index (χ4v) is 2.49. The molecular formula is C21H23NO6. The Morgan fingerprint density at radius 2 is 1.64 bits per heavy atom. The number of nitrogens with one attached hydrogen (secondary N) is 1. The van der Waals surface area contributed by atoms with E-state index in [2.05, 4.69) is 5.32 Å². The van der Waals surface area contributed by atoms with Crippen molar-refractivity contribution in [2.75, 3.05) is 26.1 Å². The van der Waals surface area contributed by atoms with Gasteiger partial charge in [-0.3, -0.25) is 14.4 Å². The van der Waals surface area contributed by atoms with Crippen molar-refractivity contribution in [3.63, 3.8) is 0 Å². The SMILES string of the molecule is COc1cc(CCC(=O)OCC(=O)Nc2cccc(C(C)=O)c2)cc(OC)c1. The molecule has 0 bridgehead atoms. The third-order valence-corrected chi connectivity index (χ3v) is 3.95. The maximum absolute atomic E-state index is 11.9. The molecule has 0 atom stereocenters. The van der Waals surface area contributed by atoms with Gasteiger partial charge in [-0.15, -0.1) is 0 Å². The Morgan fingerprint density at radius 3 is 2.25 bits per heavy atom. The van der Waals surface area contributed by atoms with Crippen LogP contribution in [0.15, 0.2) is 42.5 Å². The lowest BCUT2D eigenvalue weighted by atomic mass is 10.1. The summed E-state index contributed by atoms with van der Waals surface area (Å²) in [4.78, 5) is 35.2. The first-order valence-corrected chi connectivity index (χ1v) is 8.69. The van der Waals surface area contributed by atoms with Crippen LogP contribution in [0.2, 0.25) is 0 Å². The summed E-state index contributed by atoms with van der Waals surface area (Å²) in [7, 11) is 3.11. The molecule has 0 spiro atoms. The smallest absolute Gasteiger partial charge is 0.306 e. The molecule has 0 saturated carbocycles. The third-order valence-electron chi connectivity index (χ3n) is 3.95. The van der Waals surface area contributed by atoms with Gasteiger partial charge in [-0.05, 0) is 43.2 Å². The molecule has 7 nitrogen and oxygen atoms in total. The van der Waals surface area contributed by atoms with Crippen LogP contribution in [0.1, 0.15) is 29.3 Å². The van der Waals surface area contributed by atoms with E-state index in [0.717, 1.165) is 5.56 Å². The molecule has 0 saturated heterocycles. The number of rotatable bonds is 9. The minimum Gasteiger partial charge on any atom is -0.497 e. The van der Waals surface area contributed by atoms with Crippen LogP contribution in [-0.4, -0.2) is 38.5 Å². The zero-order chi connectivity index (χ0) is 20.5. The Morgan fingerprint density at radius 1 is 0.964 bits per heavy atom. The summed E-state index contributed by atoms with van der Waals surface area (Å²) in [5.41, 5.74) is 1.82. The molecule has 2 aromatic rings. The lowest BCUT2D eigenvalue weighted by Crippen LogP contribution is -2.21. The maximum atomic E-state index is 11.9. The first-order valence-electron chi connectivity index (χ1n) is 8.69. The lowest BCUT2D eigenvalue weighted by molar-refractivity contribution is -0.147. The molecule has 0 heterocycles. The molecule has 148 valence electrons. The van der Waals surface area contributed by atoms with Crippen LogP contribution in [0.25, 0.3) is 0 Å². The van der Waals surface area contributed by atoms with Gasteiger partial charge in [-0.25, -0.2) is 0 Å². The van der Waals surface area contributed by atoms with Crippen LogP contribution in [-0.2, 0) is 20.7 Å². The van der Waals surface area contributed by atoms with E-state index in [9.17, 15) is 14.4 Å². The van der Waals surface area contributed by atoms with Crippen LogP contribution in [0.5, 0.6) is 11.5 Å². The highest BCUT2D eigenvalue weighted by molar-refractivity contribution is 5.97. The number of ketones is 1. The van der Waals surface area contributed by atoms with E-state index in [0.29, 0.717) is 29.2 Å². The second-order valence-electron chi connectivity index (χ2n) is 6.07. The maximum Gasteiger partial charge on any atom is 0.306 e. The summed E-state index contributed by atoms with van der Waals surface area (Å²) in [6, 6.07) is 11.9. The van der Waals surface area contributed by atoms with Gasteiger partial charge >= 0.3 is 5.97 Å². The van der Waals surface area contributed by atoms with Gasteiger partial charge in [-0.1, -0.05) is 12.1 Å². The van der Waals surface area contributed by atoms with E-state index in [4.69, 9.17) is 14.2 Å². The van der Waals surface area contributed by atoms with Crippen molar-refractivity contribution in [1.29, 1.82) is 0 Å². The van der Waals surface area contributed by atoms with E-state index in [-0.39, 0.29) is 12.2 Å². The monoisotopic (exact) mass is 385 g/mol. The number of aryl methyl sites for hydroxylation is 1. The molecule has 0 aliphatic carbocycles. The summed E-state index contributed by atoms with van der Waals surface area (Å²) in [6.07, 6.45) is 0.540. The van der Waals surface area contributed by atoms with E-state index in [1.807, 2.05) is 12.1 Å². The normalized spacial score (nSPS) is 10.1. The lowest BCUT2D eigenvalue weighted by Gasteiger charge is -2.09. The van der Waals surface area contributed by atoms with Crippen LogP contribution in [0.3, 0.4) is 0 Å². The molecule has 28 heavy (non-hydrogen) atoms. The van der Waals surface area contributed by atoms with Crippen LogP contribution < -0.4 is 14.8 Å². The number of hydrogen-bond donors (Lipinski definition) is 1. The molecule has 0 fully saturated rings. The topological polar surface area (TPSA) is 90.9 Å². The van der Waals surface area contributed by atoms with Crippen molar-refractivity contribution in [3.8, 4) is 11.5 Å². The minimum absolute atomic E-state index is 0.100. The molecule has 0 unspecified atom stereocenters. The molecule has 0 radical (unpaired) electrons. The van der Waals surface area contributed by atoms with Gasteiger partial charge in [-0.2, -0.15) is 0 Å². The second kappa shape index (κ2) is 10.1. The number of esters is 1. The van der Waals surface area contributed by atoms with E-state index in [1.54, 1.807) is 44.6 Å². The summed E-state index contributed by atoms with van der Waals surface area (Å²) >= 11 is 0. The van der Waals surface area contributed by atoms with Crippen molar-refractivity contribution in [2.24, 2.45) is 0 Å². The van der Waals surface area contributed by atoms with E-state index < -0.39 is 18.5 Å². The number of hydrogen-bond acceptors (Lipinski definition) is 6. The van der Waals surface area contributed by atoms with Crippen molar-refractivity contribution >= 4 is 23.3 Å². The number of benzene rings is 2. The standard InChI is InChI=1S/C21H23NO6/c1-14(23)16-5-4-6-17(11-16)22-20(24)13-28-21(25)8-7-15-9-18(26-2)12-19(10-15)27-3/h4-6,9-12H,7-8,13H2,1-3H3,(H,22,24). The zero-order valence-corrected chi connectivity index (χ0v) is 16.1. The Balaban J connectivity index is 1.81. The molecule has 0 aliphatic rings. The Kier molecular flexibility index (Phi) is 7.56. The molecule has 0 aromatic heterocycles. The van der Waals surface area contributed by atoms with Gasteiger partial charge in [0.2, 0.25) is 0 Å². The van der Waals surface area contributed by atoms with Crippen LogP contribution in [0.4, 0.5) is 5.69 Å². The highest BCUT2D eigenvalue weighted by atomic mass is 16.5. The van der Waals surface area contributed by atoms with E-state index in [1.165, 1.54) is 6.92 Å². The molecule has 2 aromatic carbocycles. The number of methoxy groups -OCH3 is 2. The third kappa shape index (κ3) is 6.42. The highest BCUT2D eigenvalue weighted by Crippen LogP contribution is 2.23. The summed E-state index contributed by atoms with van der Waals surface area (Å²) in [5, 5.41) is 2.60. The predicted octanol–water partition coefficient (Wildman–Crippen LogP) is 3.02. The Labute approximate surface area is 163 Å². The first-order chi connectivity index (χ1) is 13.4. The summed E-state index contributed by atoms with van der Waals surface area (Å²) in [6.45, 7) is 1.05. The molecule has 7 heteroatoms. The zero-order valence-electron chi connectivity index (χ0n) is 16.1. The average Bonchev–Trinajstić information content (AvgIpc) is 2.70. The summed E-state index contributed by atoms with van der Waals surface area (Å²) in [5.74, 6) is 0.202. The van der Waals surface area contributed by atoms with Crippen LogP contribution in [0, 0.1) is 0 Å². The fraction of sp³-hybridized carbons (Fsp3) is 0.286. The van der Waals surface area contributed by atoms with Gasteiger partial charge in [0.05, 0.1) is 14.2 Å². The van der Waals surface area contributed by atoms with Gasteiger partial charge < -0.3 is 19.5 Å². The van der Waals surface area contributed by atoms with Crippen molar-refractivity contribution in [2.45, 2.75) is 19.8 Å². The predicted molar refractivity (Wildman–Crippen MR) is 104 cm³/mol. The largest absolute Gasteiger partial charge is 0.497 e. The average molecular weight is 385 g/mol. The molecule has 1 amide bonds. The molecule has 2 rings (SSSR count). The summed E-state index contributed by atoms with van der Waals surface area (Å²) < 4.78 is 15.4. The Bertz CT molecular complexity index is 839. The van der Waals surface area contributed by atoms with Crippen molar-refractivity contribution < 1.29 is 28.6 Å². The van der Waals surface area contributed by atoms with Gasteiger partial charge in [0.1, 0.15) is 11.5 Å². The minimum atomic E-state index is -0.491. The van der Waals surface area contributed by atoms with Crippen LogP contribution >= 0.6 is 0 Å². The van der Waals surface area contributed by atoms with Gasteiger partial charge in [0.25, 0.3) is 5.91 Å².